The molecule has 3 aromatic heterocycles. The Kier molecular flexibility index (Phi) is 7.33. The Bertz CT molecular complexity index is 3690. The largest absolute Gasteiger partial charge is 0.375 e. The van der Waals surface area contributed by atoms with Crippen molar-refractivity contribution in [3.63, 3.8) is 0 Å². The first kappa shape index (κ1) is 36.4. The zero-order valence-electron chi connectivity index (χ0n) is 36.6. The molecule has 0 spiro atoms. The molecule has 0 bridgehead atoms. The number of nitrogens with zero attached hydrogens (tertiary/aromatic N) is 4. The first-order chi connectivity index (χ1) is 30.6. The fourth-order valence-electron chi connectivity index (χ4n) is 11.1. The minimum Gasteiger partial charge on any atom is -0.375 e. The Labute approximate surface area is 368 Å². The van der Waals surface area contributed by atoms with Gasteiger partial charge in [-0.3, -0.25) is 9.47 Å². The lowest BCUT2D eigenvalue weighted by atomic mass is 9.45. The van der Waals surface area contributed by atoms with Crippen LogP contribution in [0.4, 0.5) is 17.2 Å². The van der Waals surface area contributed by atoms with Gasteiger partial charge in [0, 0.05) is 66.4 Å². The number of para-hydroxylation sites is 5. The van der Waals surface area contributed by atoms with Crippen molar-refractivity contribution in [1.29, 1.82) is 0 Å². The van der Waals surface area contributed by atoms with Crippen molar-refractivity contribution < 1.29 is 0 Å². The molecule has 0 aliphatic carbocycles. The highest BCUT2D eigenvalue weighted by Gasteiger charge is 2.46. The number of hydrogen-bond donors (Lipinski definition) is 0. The molecule has 0 unspecified atom stereocenters. The molecule has 302 valence electrons. The molecule has 5 heterocycles. The average molecular weight is 811 g/mol. The predicted octanol–water partition coefficient (Wildman–Crippen LogP) is 13.8. The molecule has 8 aromatic carbocycles. The van der Waals surface area contributed by atoms with Gasteiger partial charge in [0.2, 0.25) is 0 Å². The van der Waals surface area contributed by atoms with Crippen LogP contribution in [0.2, 0.25) is 0 Å². The van der Waals surface area contributed by atoms with Gasteiger partial charge < -0.3 is 9.05 Å². The van der Waals surface area contributed by atoms with E-state index >= 15 is 0 Å². The van der Waals surface area contributed by atoms with Gasteiger partial charge in [-0.05, 0) is 105 Å². The highest BCUT2D eigenvalue weighted by molar-refractivity contribution is 6.91. The van der Waals surface area contributed by atoms with Crippen molar-refractivity contribution in [3.05, 3.63) is 187 Å². The lowest BCUT2D eigenvalue weighted by Crippen LogP contribution is -2.56. The predicted molar refractivity (Wildman–Crippen MR) is 269 cm³/mol. The second-order valence-electron chi connectivity index (χ2n) is 19.8. The molecule has 0 saturated carbocycles. The highest BCUT2D eigenvalue weighted by atomic mass is 15.3. The van der Waals surface area contributed by atoms with Gasteiger partial charge in [0.15, 0.2) is 0 Å². The molecule has 5 heteroatoms. The van der Waals surface area contributed by atoms with Gasteiger partial charge in [-0.1, -0.05) is 151 Å². The SMILES string of the molecule is CC(C)(C)c1ccc(N2c3cc(C(C)(C)C)cc4c3B(c3c2n(-c2ccccc2)c2ccccc32)n2c3cc5c6ccccc6n(-c6ccccc6)c5cc3c3cccc-4c32)cc1. The highest BCUT2D eigenvalue weighted by Crippen LogP contribution is 2.50. The van der Waals surface area contributed by atoms with Gasteiger partial charge in [-0.25, -0.2) is 0 Å². The molecule has 11 aromatic rings. The Morgan fingerprint density at radius 2 is 0.952 bits per heavy atom. The van der Waals surface area contributed by atoms with E-state index in [1.165, 1.54) is 105 Å². The van der Waals surface area contributed by atoms with Crippen molar-refractivity contribution in [3.8, 4) is 22.5 Å². The van der Waals surface area contributed by atoms with Gasteiger partial charge in [0.05, 0.1) is 16.6 Å². The van der Waals surface area contributed by atoms with E-state index in [4.69, 9.17) is 0 Å². The summed E-state index contributed by atoms with van der Waals surface area (Å²) in [6.07, 6.45) is 0. The van der Waals surface area contributed by atoms with Crippen LogP contribution >= 0.6 is 0 Å². The van der Waals surface area contributed by atoms with Crippen LogP contribution in [0.1, 0.15) is 52.7 Å². The third-order valence-electron chi connectivity index (χ3n) is 14.1. The van der Waals surface area contributed by atoms with Crippen LogP contribution in [0, 0.1) is 0 Å². The van der Waals surface area contributed by atoms with E-state index in [-0.39, 0.29) is 17.7 Å². The minimum absolute atomic E-state index is 0.0321. The second-order valence-corrected chi connectivity index (χ2v) is 19.8. The van der Waals surface area contributed by atoms with Crippen LogP contribution in [0.5, 0.6) is 0 Å². The van der Waals surface area contributed by atoms with Crippen molar-refractivity contribution in [2.75, 3.05) is 4.90 Å². The molecule has 0 radical (unpaired) electrons. The molecule has 0 amide bonds. The van der Waals surface area contributed by atoms with Gasteiger partial charge in [-0.15, -0.1) is 0 Å². The number of fused-ring (bicyclic) bond motifs is 12. The van der Waals surface area contributed by atoms with Crippen LogP contribution in [0.15, 0.2) is 176 Å². The third-order valence-corrected chi connectivity index (χ3v) is 14.1. The van der Waals surface area contributed by atoms with Crippen LogP contribution in [-0.2, 0) is 10.8 Å². The summed E-state index contributed by atoms with van der Waals surface area (Å²) in [5.74, 6) is 1.19. The summed E-state index contributed by atoms with van der Waals surface area (Å²) in [5.41, 5.74) is 18.8. The van der Waals surface area contributed by atoms with Crippen LogP contribution in [0.25, 0.3) is 77.0 Å². The summed E-state index contributed by atoms with van der Waals surface area (Å²) in [6, 6.07) is 66.3. The summed E-state index contributed by atoms with van der Waals surface area (Å²) in [6.45, 7) is 13.9. The molecule has 0 atom stereocenters. The van der Waals surface area contributed by atoms with Crippen LogP contribution in [0.3, 0.4) is 0 Å². The number of hydrogen-bond acceptors (Lipinski definition) is 1. The molecule has 2 aliphatic rings. The smallest absolute Gasteiger partial charge is 0.335 e. The number of rotatable bonds is 3. The Hall–Kier alpha value is -7.24. The molecule has 0 N–H and O–H groups in total. The van der Waals surface area contributed by atoms with E-state index < -0.39 is 0 Å². The summed E-state index contributed by atoms with van der Waals surface area (Å²) in [7, 11) is 0. The van der Waals surface area contributed by atoms with Crippen molar-refractivity contribution in [2.24, 2.45) is 0 Å². The normalized spacial score (nSPS) is 13.5. The van der Waals surface area contributed by atoms with E-state index in [1.807, 2.05) is 0 Å². The zero-order valence-corrected chi connectivity index (χ0v) is 36.6. The summed E-state index contributed by atoms with van der Waals surface area (Å²) in [4.78, 5) is 2.60. The minimum atomic E-state index is -0.103. The van der Waals surface area contributed by atoms with E-state index in [0.717, 1.165) is 11.4 Å². The molecule has 2 aliphatic heterocycles. The van der Waals surface area contributed by atoms with Crippen molar-refractivity contribution >= 4 is 89.5 Å². The van der Waals surface area contributed by atoms with Crippen LogP contribution in [-0.4, -0.2) is 20.5 Å². The van der Waals surface area contributed by atoms with E-state index in [0.29, 0.717) is 0 Å². The lowest BCUT2D eigenvalue weighted by molar-refractivity contribution is 0.590. The molecule has 0 saturated heterocycles. The summed E-state index contributed by atoms with van der Waals surface area (Å²) < 4.78 is 7.72. The quantitative estimate of drug-likeness (QED) is 0.163. The van der Waals surface area contributed by atoms with Crippen LogP contribution < -0.4 is 15.8 Å². The monoisotopic (exact) mass is 810 g/mol. The topological polar surface area (TPSA) is 18.0 Å². The van der Waals surface area contributed by atoms with Gasteiger partial charge >= 0.3 is 6.85 Å². The number of aromatic nitrogens is 3. The first-order valence-corrected chi connectivity index (χ1v) is 22.4. The average Bonchev–Trinajstić information content (AvgIpc) is 3.93. The molecule has 63 heavy (non-hydrogen) atoms. The van der Waals surface area contributed by atoms with E-state index in [9.17, 15) is 0 Å². The maximum atomic E-state index is 2.73. The standard InChI is InChI=1S/C58H47BN4/c1-57(2,3)36-28-30-40(31-29-36)62-52-33-37(58(4,5)6)32-47-43-25-17-24-42-46-34-50-45(41-22-13-15-26-48(41)60(50)38-18-9-7-10-19-38)35-51(46)63(55(42)43)59(53(47)52)54-44-23-14-16-27-49(44)61(56(54)62)39-20-11-8-12-21-39/h7-35H,1-6H3. The maximum Gasteiger partial charge on any atom is 0.335 e. The maximum absolute atomic E-state index is 2.73. The summed E-state index contributed by atoms with van der Waals surface area (Å²) >= 11 is 0. The van der Waals surface area contributed by atoms with Crippen molar-refractivity contribution in [2.45, 2.75) is 52.4 Å². The van der Waals surface area contributed by atoms with Gasteiger partial charge in [-0.2, -0.15) is 0 Å². The molecular weight excluding hydrogens is 763 g/mol. The third kappa shape index (κ3) is 4.99. The lowest BCUT2D eigenvalue weighted by Gasteiger charge is -2.41. The van der Waals surface area contributed by atoms with E-state index in [2.05, 4.69) is 236 Å². The molecular formula is C58H47BN4. The molecule has 13 rings (SSSR count). The number of anilines is 3. The fourth-order valence-corrected chi connectivity index (χ4v) is 11.1. The van der Waals surface area contributed by atoms with Crippen molar-refractivity contribution in [1.82, 2.24) is 13.6 Å². The zero-order chi connectivity index (χ0) is 42.5. The van der Waals surface area contributed by atoms with Gasteiger partial charge in [0.25, 0.3) is 0 Å². The first-order valence-electron chi connectivity index (χ1n) is 22.4. The second kappa shape index (κ2) is 12.7. The van der Waals surface area contributed by atoms with E-state index in [1.54, 1.807) is 0 Å². The van der Waals surface area contributed by atoms with Gasteiger partial charge in [0.1, 0.15) is 5.82 Å². The fraction of sp³-hybridized carbons (Fsp3) is 0.138. The Morgan fingerprint density at radius 3 is 1.63 bits per heavy atom. The number of benzene rings is 8. The molecule has 4 nitrogen and oxygen atoms in total. The Morgan fingerprint density at radius 1 is 0.381 bits per heavy atom. The summed E-state index contributed by atoms with van der Waals surface area (Å²) in [5, 5.41) is 6.36. The Balaban J connectivity index is 1.22. The molecule has 0 fully saturated rings.